The predicted molar refractivity (Wildman–Crippen MR) is 69.8 cm³/mol. The fraction of sp³-hybridized carbons (Fsp3) is 0.455. The average Bonchev–Trinajstić information content (AvgIpc) is 2.84. The lowest BCUT2D eigenvalue weighted by atomic mass is 10.2. The van der Waals surface area contributed by atoms with Gasteiger partial charge in [-0.2, -0.15) is 5.10 Å². The normalized spacial score (nSPS) is 15.2. The fourth-order valence-corrected chi connectivity index (χ4v) is 2.55. The minimum Gasteiger partial charge on any atom is -0.350 e. The van der Waals surface area contributed by atoms with Gasteiger partial charge in [0.15, 0.2) is 0 Å². The van der Waals surface area contributed by atoms with Crippen LogP contribution in [-0.4, -0.2) is 50.6 Å². The molecule has 0 unspecified atom stereocenters. The van der Waals surface area contributed by atoms with Crippen molar-refractivity contribution >= 4 is 28.8 Å². The average molecular weight is 282 g/mol. The Morgan fingerprint density at radius 3 is 2.79 bits per heavy atom. The number of carbonyl (C=O) groups is 3. The number of rotatable bonds is 4. The van der Waals surface area contributed by atoms with Crippen molar-refractivity contribution in [3.05, 3.63) is 17.5 Å². The van der Waals surface area contributed by atoms with Gasteiger partial charge in [-0.25, -0.2) is 0 Å². The summed E-state index contributed by atoms with van der Waals surface area (Å²) in [5.41, 5.74) is 1.14. The topological polar surface area (TPSA) is 84.3 Å². The number of imide groups is 1. The van der Waals surface area contributed by atoms with Crippen molar-refractivity contribution in [2.24, 2.45) is 7.05 Å². The molecule has 7 nitrogen and oxygen atoms in total. The lowest BCUT2D eigenvalue weighted by Crippen LogP contribution is -2.37. The number of aryl methyl sites for hydroxylation is 2. The van der Waals surface area contributed by atoms with Crippen molar-refractivity contribution in [2.75, 3.05) is 18.8 Å². The Morgan fingerprint density at radius 2 is 2.26 bits per heavy atom. The summed E-state index contributed by atoms with van der Waals surface area (Å²) in [6.45, 7) is 2.19. The molecule has 2 heterocycles. The van der Waals surface area contributed by atoms with Crippen LogP contribution in [-0.2, 0) is 11.8 Å². The number of nitrogens with zero attached hydrogens (tertiary/aromatic N) is 3. The van der Waals surface area contributed by atoms with Crippen molar-refractivity contribution in [1.29, 1.82) is 0 Å². The number of carbonyl (C=O) groups excluding carboxylic acids is 3. The van der Waals surface area contributed by atoms with Gasteiger partial charge in [0.05, 0.1) is 17.0 Å². The standard InChI is InChI=1S/C11H14N4O3S/c1-7-8(5-14(2)13-7)10(17)12-3-4-15-9(16)6-19-11(15)18/h5H,3-4,6H2,1-2H3,(H,12,17). The molecule has 2 rings (SSSR count). The molecular weight excluding hydrogens is 268 g/mol. The van der Waals surface area contributed by atoms with Gasteiger partial charge < -0.3 is 5.32 Å². The molecule has 0 aromatic carbocycles. The van der Waals surface area contributed by atoms with Crippen LogP contribution < -0.4 is 5.32 Å². The van der Waals surface area contributed by atoms with Gasteiger partial charge in [0.1, 0.15) is 0 Å². The quantitative estimate of drug-likeness (QED) is 0.850. The second-order valence-corrected chi connectivity index (χ2v) is 5.08. The number of aromatic nitrogens is 2. The second kappa shape index (κ2) is 5.43. The van der Waals surface area contributed by atoms with E-state index in [0.717, 1.165) is 16.7 Å². The van der Waals surface area contributed by atoms with E-state index in [0.29, 0.717) is 11.3 Å². The van der Waals surface area contributed by atoms with Crippen LogP contribution in [0.25, 0.3) is 0 Å². The maximum atomic E-state index is 11.9. The zero-order valence-electron chi connectivity index (χ0n) is 10.7. The highest BCUT2D eigenvalue weighted by atomic mass is 32.2. The Morgan fingerprint density at radius 1 is 1.53 bits per heavy atom. The van der Waals surface area contributed by atoms with Crippen molar-refractivity contribution in [3.63, 3.8) is 0 Å². The molecule has 0 bridgehead atoms. The molecule has 1 saturated heterocycles. The van der Waals surface area contributed by atoms with E-state index >= 15 is 0 Å². The third-order valence-corrected chi connectivity index (χ3v) is 3.58. The molecule has 1 aliphatic rings. The Balaban J connectivity index is 1.86. The molecule has 19 heavy (non-hydrogen) atoms. The molecule has 1 aliphatic heterocycles. The number of amides is 3. The molecule has 0 spiro atoms. The molecule has 0 aliphatic carbocycles. The van der Waals surface area contributed by atoms with Gasteiger partial charge >= 0.3 is 0 Å². The molecule has 102 valence electrons. The van der Waals surface area contributed by atoms with Crippen LogP contribution in [0.5, 0.6) is 0 Å². The van der Waals surface area contributed by atoms with Gasteiger partial charge in [0, 0.05) is 26.3 Å². The maximum absolute atomic E-state index is 11.9. The van der Waals surface area contributed by atoms with Crippen LogP contribution in [0.15, 0.2) is 6.20 Å². The summed E-state index contributed by atoms with van der Waals surface area (Å²) in [5.74, 6) is -0.270. The summed E-state index contributed by atoms with van der Waals surface area (Å²) in [6, 6.07) is 0. The molecule has 0 radical (unpaired) electrons. The van der Waals surface area contributed by atoms with E-state index in [1.54, 1.807) is 24.9 Å². The van der Waals surface area contributed by atoms with E-state index < -0.39 is 0 Å². The highest BCUT2D eigenvalue weighted by Gasteiger charge is 2.29. The van der Waals surface area contributed by atoms with E-state index in [-0.39, 0.29) is 35.9 Å². The second-order valence-electron chi connectivity index (χ2n) is 4.16. The van der Waals surface area contributed by atoms with Gasteiger partial charge in [0.25, 0.3) is 11.1 Å². The largest absolute Gasteiger partial charge is 0.350 e. The summed E-state index contributed by atoms with van der Waals surface area (Å²) in [6.07, 6.45) is 1.63. The third kappa shape index (κ3) is 2.95. The van der Waals surface area contributed by atoms with E-state index in [1.165, 1.54) is 0 Å². The molecule has 1 aromatic heterocycles. The lowest BCUT2D eigenvalue weighted by molar-refractivity contribution is -0.124. The number of hydrogen-bond acceptors (Lipinski definition) is 5. The summed E-state index contributed by atoms with van der Waals surface area (Å²) >= 11 is 0.986. The molecule has 0 saturated carbocycles. The minimum atomic E-state index is -0.253. The van der Waals surface area contributed by atoms with Crippen molar-refractivity contribution in [1.82, 2.24) is 20.0 Å². The number of hydrogen-bond donors (Lipinski definition) is 1. The smallest absolute Gasteiger partial charge is 0.288 e. The first kappa shape index (κ1) is 13.6. The summed E-state index contributed by atoms with van der Waals surface area (Å²) in [5, 5.41) is 6.50. The first-order valence-electron chi connectivity index (χ1n) is 5.74. The van der Waals surface area contributed by atoms with E-state index in [2.05, 4.69) is 10.4 Å². The number of nitrogens with one attached hydrogen (secondary N) is 1. The van der Waals surface area contributed by atoms with E-state index in [9.17, 15) is 14.4 Å². The van der Waals surface area contributed by atoms with Gasteiger partial charge in [-0.3, -0.25) is 24.0 Å². The summed E-state index contributed by atoms with van der Waals surface area (Å²) in [7, 11) is 1.74. The number of thioether (sulfide) groups is 1. The van der Waals surface area contributed by atoms with Gasteiger partial charge in [-0.05, 0) is 6.92 Å². The van der Waals surface area contributed by atoms with Gasteiger partial charge in [0.2, 0.25) is 5.91 Å². The van der Waals surface area contributed by atoms with Gasteiger partial charge in [-0.1, -0.05) is 11.8 Å². The maximum Gasteiger partial charge on any atom is 0.288 e. The molecule has 1 fully saturated rings. The summed E-state index contributed by atoms with van der Waals surface area (Å²) in [4.78, 5) is 35.7. The highest BCUT2D eigenvalue weighted by molar-refractivity contribution is 8.14. The Hall–Kier alpha value is -1.83. The lowest BCUT2D eigenvalue weighted by Gasteiger charge is -2.12. The van der Waals surface area contributed by atoms with Crippen LogP contribution in [0, 0.1) is 6.92 Å². The molecule has 8 heteroatoms. The molecule has 0 atom stereocenters. The van der Waals surface area contributed by atoms with Gasteiger partial charge in [-0.15, -0.1) is 0 Å². The highest BCUT2D eigenvalue weighted by Crippen LogP contribution is 2.17. The van der Waals surface area contributed by atoms with Crippen LogP contribution in [0.3, 0.4) is 0 Å². The summed E-state index contributed by atoms with van der Waals surface area (Å²) < 4.78 is 1.56. The SMILES string of the molecule is Cc1nn(C)cc1C(=O)NCCN1C(=O)CSC1=O. The third-order valence-electron chi connectivity index (χ3n) is 2.72. The molecular formula is C11H14N4O3S. The van der Waals surface area contributed by atoms with Crippen LogP contribution >= 0.6 is 11.8 Å². The monoisotopic (exact) mass is 282 g/mol. The van der Waals surface area contributed by atoms with Crippen LogP contribution in [0.4, 0.5) is 4.79 Å². The molecule has 1 N–H and O–H groups in total. The van der Waals surface area contributed by atoms with Crippen LogP contribution in [0.1, 0.15) is 16.1 Å². The first-order valence-corrected chi connectivity index (χ1v) is 6.73. The van der Waals surface area contributed by atoms with Crippen LogP contribution in [0.2, 0.25) is 0 Å². The minimum absolute atomic E-state index is 0.189. The van der Waals surface area contributed by atoms with E-state index in [1.807, 2.05) is 0 Å². The molecule has 1 aromatic rings. The first-order chi connectivity index (χ1) is 8.99. The zero-order chi connectivity index (χ0) is 14.0. The Bertz CT molecular complexity index is 524. The Kier molecular flexibility index (Phi) is 3.89. The zero-order valence-corrected chi connectivity index (χ0v) is 11.5. The van der Waals surface area contributed by atoms with Crippen molar-refractivity contribution in [2.45, 2.75) is 6.92 Å². The molecule has 3 amide bonds. The van der Waals surface area contributed by atoms with E-state index in [4.69, 9.17) is 0 Å². The van der Waals surface area contributed by atoms with Crippen molar-refractivity contribution < 1.29 is 14.4 Å². The fourth-order valence-electron chi connectivity index (χ4n) is 1.80. The van der Waals surface area contributed by atoms with Crippen molar-refractivity contribution in [3.8, 4) is 0 Å². The Labute approximate surface area is 114 Å². The predicted octanol–water partition coefficient (Wildman–Crippen LogP) is 0.154.